The summed E-state index contributed by atoms with van der Waals surface area (Å²) in [5.41, 5.74) is 3.39. The molecule has 3 heterocycles. The fourth-order valence-electron chi connectivity index (χ4n) is 3.80. The topological polar surface area (TPSA) is 23.6 Å². The monoisotopic (exact) mass is 444 g/mol. The number of hydrogen-bond acceptors (Lipinski definition) is 4. The lowest BCUT2D eigenvalue weighted by Gasteiger charge is -2.36. The van der Waals surface area contributed by atoms with Crippen LogP contribution in [0, 0.1) is 5.82 Å². The highest BCUT2D eigenvalue weighted by Gasteiger charge is 2.27. The first-order valence-electron chi connectivity index (χ1n) is 9.44. The average molecular weight is 445 g/mol. The molecule has 0 saturated carbocycles. The van der Waals surface area contributed by atoms with Crippen molar-refractivity contribution in [3.63, 3.8) is 0 Å². The van der Waals surface area contributed by atoms with Gasteiger partial charge in [-0.3, -0.25) is 4.79 Å². The highest BCUT2D eigenvalue weighted by atomic mass is 35.5. The Morgan fingerprint density at radius 1 is 1.00 bits per heavy atom. The van der Waals surface area contributed by atoms with Crippen LogP contribution in [-0.2, 0) is 5.75 Å². The van der Waals surface area contributed by atoms with Crippen LogP contribution in [0.2, 0.25) is 5.02 Å². The van der Waals surface area contributed by atoms with E-state index in [0.29, 0.717) is 13.1 Å². The minimum absolute atomic E-state index is 0.101. The van der Waals surface area contributed by atoms with Gasteiger partial charge < -0.3 is 9.80 Å². The molecule has 1 fully saturated rings. The third-order valence-electron chi connectivity index (χ3n) is 5.35. The number of hydrogen-bond donors (Lipinski definition) is 0. The number of piperazine rings is 1. The summed E-state index contributed by atoms with van der Waals surface area (Å²) in [6.45, 7) is 2.83. The second kappa shape index (κ2) is 7.67. The largest absolute Gasteiger partial charge is 0.368 e. The van der Waals surface area contributed by atoms with E-state index in [4.69, 9.17) is 11.6 Å². The predicted octanol–water partition coefficient (Wildman–Crippen LogP) is 5.78. The molecule has 3 aromatic rings. The van der Waals surface area contributed by atoms with E-state index in [1.54, 1.807) is 35.2 Å². The number of benzene rings is 2. The van der Waals surface area contributed by atoms with Crippen molar-refractivity contribution in [2.45, 2.75) is 10.6 Å². The van der Waals surface area contributed by atoms with E-state index in [9.17, 15) is 9.18 Å². The summed E-state index contributed by atoms with van der Waals surface area (Å²) in [5.74, 6) is 0.736. The van der Waals surface area contributed by atoms with Crippen molar-refractivity contribution in [2.75, 3.05) is 31.1 Å². The predicted molar refractivity (Wildman–Crippen MR) is 119 cm³/mol. The Hall–Kier alpha value is -2.02. The van der Waals surface area contributed by atoms with Gasteiger partial charge in [0.2, 0.25) is 0 Å². The van der Waals surface area contributed by atoms with E-state index in [-0.39, 0.29) is 11.7 Å². The van der Waals surface area contributed by atoms with Crippen molar-refractivity contribution in [1.82, 2.24) is 4.90 Å². The highest BCUT2D eigenvalue weighted by Crippen LogP contribution is 2.46. The van der Waals surface area contributed by atoms with Gasteiger partial charge in [-0.15, -0.1) is 23.1 Å². The number of anilines is 1. The molecule has 2 aliphatic heterocycles. The fraction of sp³-hybridized carbons (Fsp3) is 0.227. The third-order valence-corrected chi connectivity index (χ3v) is 7.89. The first kappa shape index (κ1) is 19.0. The van der Waals surface area contributed by atoms with Gasteiger partial charge in [0.15, 0.2) is 0 Å². The zero-order valence-electron chi connectivity index (χ0n) is 15.5. The Bertz CT molecular complexity index is 1070. The number of fused-ring (bicyclic) bond motifs is 3. The minimum Gasteiger partial charge on any atom is -0.368 e. The van der Waals surface area contributed by atoms with Gasteiger partial charge in [-0.25, -0.2) is 4.39 Å². The Morgan fingerprint density at radius 3 is 2.52 bits per heavy atom. The number of nitrogens with zero attached hydrogens (tertiary/aromatic N) is 2. The molecule has 0 unspecified atom stereocenters. The molecular formula is C22H18ClFN2OS2. The Morgan fingerprint density at radius 2 is 1.76 bits per heavy atom. The van der Waals surface area contributed by atoms with Gasteiger partial charge in [0.05, 0.1) is 4.88 Å². The smallest absolute Gasteiger partial charge is 0.264 e. The molecule has 1 amide bonds. The molecule has 2 aromatic carbocycles. The average Bonchev–Trinajstić information content (AvgIpc) is 3.18. The SMILES string of the molecule is O=C(c1cc2c(s1)-c1ccc(Cl)cc1SC2)N1CCN(c2ccc(F)cc2)CC1. The van der Waals surface area contributed by atoms with E-state index < -0.39 is 0 Å². The molecule has 5 rings (SSSR count). The van der Waals surface area contributed by atoms with E-state index in [1.165, 1.54) is 33.0 Å². The van der Waals surface area contributed by atoms with Gasteiger partial charge in [0, 0.05) is 58.0 Å². The van der Waals surface area contributed by atoms with Crippen molar-refractivity contribution in [2.24, 2.45) is 0 Å². The van der Waals surface area contributed by atoms with Crippen LogP contribution in [0.3, 0.4) is 0 Å². The summed E-state index contributed by atoms with van der Waals surface area (Å²) < 4.78 is 13.1. The Balaban J connectivity index is 1.31. The first-order valence-corrected chi connectivity index (χ1v) is 11.6. The normalized spacial score (nSPS) is 15.8. The summed E-state index contributed by atoms with van der Waals surface area (Å²) >= 11 is 9.48. The standard InChI is InChI=1S/C22H18ClFN2OS2/c23-15-1-6-18-19(12-15)28-13-14-11-20(29-21(14)18)22(27)26-9-7-25(8-10-26)17-4-2-16(24)3-5-17/h1-6,11-12H,7-10,13H2. The molecule has 0 atom stereocenters. The van der Waals surface area contributed by atoms with E-state index >= 15 is 0 Å². The molecule has 148 valence electrons. The molecule has 7 heteroatoms. The van der Waals surface area contributed by atoms with Crippen LogP contribution in [0.1, 0.15) is 15.2 Å². The lowest BCUT2D eigenvalue weighted by atomic mass is 10.1. The van der Waals surface area contributed by atoms with Crippen molar-refractivity contribution < 1.29 is 9.18 Å². The number of carbonyl (C=O) groups excluding carboxylic acids is 1. The number of amides is 1. The lowest BCUT2D eigenvalue weighted by Crippen LogP contribution is -2.48. The van der Waals surface area contributed by atoms with Crippen LogP contribution in [0.5, 0.6) is 0 Å². The van der Waals surface area contributed by atoms with Crippen LogP contribution in [0.15, 0.2) is 53.4 Å². The van der Waals surface area contributed by atoms with Gasteiger partial charge in [0.25, 0.3) is 5.91 Å². The van der Waals surface area contributed by atoms with Crippen LogP contribution in [0.4, 0.5) is 10.1 Å². The molecule has 0 spiro atoms. The minimum atomic E-state index is -0.230. The fourth-order valence-corrected chi connectivity index (χ4v) is 6.46. The van der Waals surface area contributed by atoms with E-state index in [1.807, 2.05) is 17.0 Å². The van der Waals surface area contributed by atoms with Crippen LogP contribution < -0.4 is 4.90 Å². The Labute approximate surface area is 182 Å². The summed E-state index contributed by atoms with van der Waals surface area (Å²) in [5, 5.41) is 0.742. The summed E-state index contributed by atoms with van der Waals surface area (Å²) in [6.07, 6.45) is 0. The van der Waals surface area contributed by atoms with Gasteiger partial charge in [0.1, 0.15) is 5.82 Å². The molecule has 2 aliphatic rings. The summed E-state index contributed by atoms with van der Waals surface area (Å²) in [7, 11) is 0. The Kier molecular flexibility index (Phi) is 5.02. The molecule has 0 radical (unpaired) electrons. The van der Waals surface area contributed by atoms with Gasteiger partial charge in [-0.1, -0.05) is 17.7 Å². The van der Waals surface area contributed by atoms with Gasteiger partial charge in [-0.2, -0.15) is 0 Å². The molecule has 0 N–H and O–H groups in total. The maximum atomic E-state index is 13.1. The summed E-state index contributed by atoms with van der Waals surface area (Å²) in [6, 6.07) is 14.6. The molecule has 29 heavy (non-hydrogen) atoms. The second-order valence-electron chi connectivity index (χ2n) is 7.15. The lowest BCUT2D eigenvalue weighted by molar-refractivity contribution is 0.0751. The van der Waals surface area contributed by atoms with Crippen LogP contribution >= 0.6 is 34.7 Å². The van der Waals surface area contributed by atoms with Crippen LogP contribution in [0.25, 0.3) is 10.4 Å². The zero-order valence-corrected chi connectivity index (χ0v) is 17.9. The molecule has 0 bridgehead atoms. The maximum absolute atomic E-state index is 13.1. The van der Waals surface area contributed by atoms with Crippen molar-refractivity contribution >= 4 is 46.3 Å². The summed E-state index contributed by atoms with van der Waals surface area (Å²) in [4.78, 5) is 20.4. The van der Waals surface area contributed by atoms with Gasteiger partial charge >= 0.3 is 0 Å². The number of halogens is 2. The van der Waals surface area contributed by atoms with Crippen molar-refractivity contribution in [1.29, 1.82) is 0 Å². The quantitative estimate of drug-likeness (QED) is 0.501. The number of carbonyl (C=O) groups is 1. The third kappa shape index (κ3) is 3.65. The van der Waals surface area contributed by atoms with E-state index in [0.717, 1.165) is 34.4 Å². The maximum Gasteiger partial charge on any atom is 0.264 e. The highest BCUT2D eigenvalue weighted by molar-refractivity contribution is 7.98. The molecular weight excluding hydrogens is 427 g/mol. The van der Waals surface area contributed by atoms with E-state index in [2.05, 4.69) is 17.0 Å². The molecule has 3 nitrogen and oxygen atoms in total. The van der Waals surface area contributed by atoms with Crippen molar-refractivity contribution in [3.05, 3.63) is 69.8 Å². The molecule has 0 aliphatic carbocycles. The van der Waals surface area contributed by atoms with Crippen LogP contribution in [-0.4, -0.2) is 37.0 Å². The number of rotatable bonds is 2. The van der Waals surface area contributed by atoms with Gasteiger partial charge in [-0.05, 0) is 48.0 Å². The second-order valence-corrected chi connectivity index (χ2v) is 9.66. The molecule has 1 saturated heterocycles. The number of thiophene rings is 1. The zero-order chi connectivity index (χ0) is 20.0. The number of thioether (sulfide) groups is 1. The molecule has 1 aromatic heterocycles. The van der Waals surface area contributed by atoms with Crippen molar-refractivity contribution in [3.8, 4) is 10.4 Å². The first-order chi connectivity index (χ1) is 14.1.